The van der Waals surface area contributed by atoms with Gasteiger partial charge in [0.2, 0.25) is 17.8 Å². The van der Waals surface area contributed by atoms with Gasteiger partial charge in [-0.1, -0.05) is 18.7 Å². The van der Waals surface area contributed by atoms with Crippen molar-refractivity contribution in [2.24, 2.45) is 16.0 Å². The lowest BCUT2D eigenvalue weighted by atomic mass is 10.0. The van der Waals surface area contributed by atoms with Gasteiger partial charge in [-0.2, -0.15) is 20.1 Å². The van der Waals surface area contributed by atoms with Gasteiger partial charge in [0.1, 0.15) is 5.83 Å². The topological polar surface area (TPSA) is 90.7 Å². The number of rotatable bonds is 9. The van der Waals surface area contributed by atoms with Crippen LogP contribution in [0.1, 0.15) is 38.5 Å². The zero-order chi connectivity index (χ0) is 23.6. The Hall–Kier alpha value is -3.62. The molecule has 34 heavy (non-hydrogen) atoms. The summed E-state index contributed by atoms with van der Waals surface area (Å²) in [6, 6.07) is 0. The average Bonchev–Trinajstić information content (AvgIpc) is 2.87. The lowest BCUT2D eigenvalue weighted by Gasteiger charge is -2.27. The molecule has 3 heterocycles. The smallest absolute Gasteiger partial charge is 0.250 e. The molecule has 0 aromatic carbocycles. The van der Waals surface area contributed by atoms with Crippen molar-refractivity contribution in [2.75, 3.05) is 35.3 Å². The molecule has 0 bridgehead atoms. The van der Waals surface area contributed by atoms with E-state index in [1.54, 1.807) is 18.2 Å². The van der Waals surface area contributed by atoms with Crippen LogP contribution in [0.15, 0.2) is 70.2 Å². The van der Waals surface area contributed by atoms with Crippen LogP contribution in [0.2, 0.25) is 0 Å². The molecule has 1 unspecified atom stereocenters. The summed E-state index contributed by atoms with van der Waals surface area (Å²) in [7, 11) is 0. The van der Waals surface area contributed by atoms with Gasteiger partial charge in [-0.3, -0.25) is 4.99 Å². The van der Waals surface area contributed by atoms with E-state index in [0.29, 0.717) is 30.8 Å². The number of aromatic nitrogens is 3. The van der Waals surface area contributed by atoms with Crippen LogP contribution in [0, 0.1) is 5.92 Å². The number of allylic oxidation sites excluding steroid dienone is 7. The summed E-state index contributed by atoms with van der Waals surface area (Å²) < 4.78 is 13.6. The summed E-state index contributed by atoms with van der Waals surface area (Å²) in [5, 5.41) is 7.61. The van der Waals surface area contributed by atoms with Crippen molar-refractivity contribution >= 4 is 30.3 Å². The second kappa shape index (κ2) is 12.0. The molecule has 3 aliphatic rings. The Labute approximate surface area is 199 Å². The number of nitrogens with zero attached hydrogens (tertiary/aromatic N) is 6. The number of anilines is 3. The highest BCUT2D eigenvalue weighted by Gasteiger charge is 2.17. The quantitative estimate of drug-likeness (QED) is 0.306. The third-order valence-corrected chi connectivity index (χ3v) is 5.72. The molecule has 1 saturated heterocycles. The fourth-order valence-corrected chi connectivity index (χ4v) is 3.95. The molecule has 0 amide bonds. The number of hydrogen-bond acceptors (Lipinski definition) is 8. The second-order valence-corrected chi connectivity index (χ2v) is 8.40. The molecule has 1 atom stereocenters. The number of halogens is 1. The largest absolute Gasteiger partial charge is 0.350 e. The SMILES string of the molecule is C=C/C=C\C1=CC(/C=N/Nc2nc(NCC3=CC(F)=CCC3)nc(N3CCCCC3)n2)CC=N1. The van der Waals surface area contributed by atoms with E-state index in [1.807, 2.05) is 24.6 Å². The summed E-state index contributed by atoms with van der Waals surface area (Å²) in [6.45, 7) is 6.01. The van der Waals surface area contributed by atoms with Gasteiger partial charge in [0.05, 0.1) is 5.70 Å². The summed E-state index contributed by atoms with van der Waals surface area (Å²) in [6.07, 6.45) is 20.2. The molecule has 9 heteroatoms. The molecule has 178 valence electrons. The van der Waals surface area contributed by atoms with Gasteiger partial charge >= 0.3 is 0 Å². The highest BCUT2D eigenvalue weighted by Crippen LogP contribution is 2.21. The molecule has 0 saturated carbocycles. The number of hydrazone groups is 1. The van der Waals surface area contributed by atoms with Gasteiger partial charge < -0.3 is 10.2 Å². The monoisotopic (exact) mass is 462 g/mol. The average molecular weight is 463 g/mol. The van der Waals surface area contributed by atoms with Gasteiger partial charge in [0.25, 0.3) is 0 Å². The molecular weight excluding hydrogens is 431 g/mol. The van der Waals surface area contributed by atoms with Gasteiger partial charge in [0.15, 0.2) is 0 Å². The van der Waals surface area contributed by atoms with Crippen LogP contribution < -0.4 is 15.6 Å². The van der Waals surface area contributed by atoms with Gasteiger partial charge in [-0.05, 0) is 68.4 Å². The molecule has 1 aromatic heterocycles. The minimum atomic E-state index is -0.186. The zero-order valence-electron chi connectivity index (χ0n) is 19.3. The van der Waals surface area contributed by atoms with Crippen molar-refractivity contribution in [2.45, 2.75) is 38.5 Å². The van der Waals surface area contributed by atoms with Crippen LogP contribution in [0.25, 0.3) is 0 Å². The molecular formula is C25H31FN8. The van der Waals surface area contributed by atoms with E-state index in [4.69, 9.17) is 0 Å². The third kappa shape index (κ3) is 6.94. The molecule has 8 nitrogen and oxygen atoms in total. The molecule has 4 rings (SSSR count). The minimum absolute atomic E-state index is 0.122. The first kappa shape index (κ1) is 23.5. The Bertz CT molecular complexity index is 1050. The second-order valence-electron chi connectivity index (χ2n) is 8.40. The maximum absolute atomic E-state index is 13.6. The summed E-state index contributed by atoms with van der Waals surface area (Å²) >= 11 is 0. The van der Waals surface area contributed by atoms with Crippen molar-refractivity contribution in [1.82, 2.24) is 15.0 Å². The maximum atomic E-state index is 13.6. The van der Waals surface area contributed by atoms with E-state index in [9.17, 15) is 4.39 Å². The Morgan fingerprint density at radius 1 is 1.18 bits per heavy atom. The molecule has 1 fully saturated rings. The van der Waals surface area contributed by atoms with Gasteiger partial charge in [-0.25, -0.2) is 9.82 Å². The van der Waals surface area contributed by atoms with E-state index in [-0.39, 0.29) is 11.7 Å². The molecule has 0 spiro atoms. The normalized spacial score (nSPS) is 20.8. The fourth-order valence-electron chi connectivity index (χ4n) is 3.95. The van der Waals surface area contributed by atoms with Crippen molar-refractivity contribution in [3.05, 3.63) is 60.1 Å². The highest BCUT2D eigenvalue weighted by molar-refractivity contribution is 5.74. The lowest BCUT2D eigenvalue weighted by Crippen LogP contribution is -2.31. The van der Waals surface area contributed by atoms with E-state index in [0.717, 1.165) is 50.0 Å². The maximum Gasteiger partial charge on any atom is 0.250 e. The van der Waals surface area contributed by atoms with E-state index in [2.05, 4.69) is 53.3 Å². The Morgan fingerprint density at radius 3 is 2.85 bits per heavy atom. The number of nitrogens with one attached hydrogen (secondary N) is 2. The standard InChI is InChI=1S/C25H31FN8/c1-2-3-10-22-16-20(11-12-27-22)18-29-33-24-30-23(28-17-19-8-7-9-21(26)15-19)31-25(32-24)34-13-5-4-6-14-34/h2-3,9-10,12,15-16,18,20H,1,4-8,11,13-14,17H2,(H2,28,30,31,32,33)/b10-3-,29-18+. The fraction of sp³-hybridized carbons (Fsp3) is 0.400. The first-order valence-electron chi connectivity index (χ1n) is 11.8. The first-order valence-corrected chi connectivity index (χ1v) is 11.8. The van der Waals surface area contributed by atoms with E-state index >= 15 is 0 Å². The number of hydrogen-bond donors (Lipinski definition) is 2. The Balaban J connectivity index is 1.46. The van der Waals surface area contributed by atoms with Crippen LogP contribution in [-0.4, -0.2) is 47.0 Å². The van der Waals surface area contributed by atoms with E-state index < -0.39 is 0 Å². The summed E-state index contributed by atoms with van der Waals surface area (Å²) in [4.78, 5) is 20.2. The van der Waals surface area contributed by atoms with Gasteiger partial charge in [-0.15, -0.1) is 0 Å². The number of piperidine rings is 1. The first-order chi connectivity index (χ1) is 16.7. The summed E-state index contributed by atoms with van der Waals surface area (Å²) in [5.41, 5.74) is 4.83. The zero-order valence-corrected chi connectivity index (χ0v) is 19.3. The molecule has 1 aliphatic carbocycles. The van der Waals surface area contributed by atoms with Crippen molar-refractivity contribution in [3.8, 4) is 0 Å². The molecule has 1 aromatic rings. The molecule has 2 aliphatic heterocycles. The molecule has 2 N–H and O–H groups in total. The lowest BCUT2D eigenvalue weighted by molar-refractivity contribution is 0.568. The highest BCUT2D eigenvalue weighted by atomic mass is 19.1. The minimum Gasteiger partial charge on any atom is -0.350 e. The van der Waals surface area contributed by atoms with Crippen molar-refractivity contribution in [3.63, 3.8) is 0 Å². The predicted molar refractivity (Wildman–Crippen MR) is 137 cm³/mol. The Kier molecular flexibility index (Phi) is 8.32. The van der Waals surface area contributed by atoms with Crippen molar-refractivity contribution < 1.29 is 4.39 Å². The van der Waals surface area contributed by atoms with Gasteiger partial charge in [0, 0.05) is 38.0 Å². The predicted octanol–water partition coefficient (Wildman–Crippen LogP) is 4.96. The summed E-state index contributed by atoms with van der Waals surface area (Å²) in [5.74, 6) is 1.38. The van der Waals surface area contributed by atoms with Crippen LogP contribution in [0.5, 0.6) is 0 Å². The van der Waals surface area contributed by atoms with Crippen LogP contribution in [-0.2, 0) is 0 Å². The van der Waals surface area contributed by atoms with Crippen LogP contribution in [0.4, 0.5) is 22.2 Å². The third-order valence-electron chi connectivity index (χ3n) is 5.72. The van der Waals surface area contributed by atoms with Crippen molar-refractivity contribution in [1.29, 1.82) is 0 Å². The van der Waals surface area contributed by atoms with Crippen LogP contribution >= 0.6 is 0 Å². The Morgan fingerprint density at radius 2 is 2.03 bits per heavy atom. The molecule has 0 radical (unpaired) electrons. The number of aliphatic imine (C=N–C) groups is 1. The van der Waals surface area contributed by atoms with Crippen LogP contribution in [0.3, 0.4) is 0 Å². The van der Waals surface area contributed by atoms with E-state index in [1.165, 1.54) is 6.42 Å².